The van der Waals surface area contributed by atoms with E-state index in [9.17, 15) is 4.39 Å². The van der Waals surface area contributed by atoms with Crippen molar-refractivity contribution < 1.29 is 9.13 Å². The van der Waals surface area contributed by atoms with Crippen molar-refractivity contribution in [2.45, 2.75) is 25.9 Å². The smallest absolute Gasteiger partial charge is 0.131 e. The standard InChI is InChI=1S/C18H20FNO.ClH/c1-12-5-3-4-6-16(12)17-10-14(19)9-13-7-8-15(11-20-2)21-18(13)17;/h3-6,9-10,15,20H,7-8,11H2,1-2H3;1H/t15-;/m1./s1. The molecule has 0 saturated carbocycles. The number of benzene rings is 2. The van der Waals surface area contributed by atoms with E-state index in [4.69, 9.17) is 4.74 Å². The van der Waals surface area contributed by atoms with Crippen molar-refractivity contribution in [2.75, 3.05) is 13.6 Å². The maximum atomic E-state index is 13.9. The third kappa shape index (κ3) is 3.26. The molecule has 0 aromatic heterocycles. The summed E-state index contributed by atoms with van der Waals surface area (Å²) in [5.74, 6) is 0.653. The first kappa shape index (κ1) is 16.8. The zero-order chi connectivity index (χ0) is 14.8. The monoisotopic (exact) mass is 321 g/mol. The molecule has 1 aliphatic rings. The Bertz CT molecular complexity index is 660. The van der Waals surface area contributed by atoms with Crippen LogP contribution in [-0.4, -0.2) is 19.7 Å². The Balaban J connectivity index is 0.00000176. The van der Waals surface area contributed by atoms with Crippen LogP contribution in [0, 0.1) is 12.7 Å². The number of likely N-dealkylation sites (N-methyl/N-ethyl adjacent to an activating group) is 1. The molecule has 0 saturated heterocycles. The molecule has 0 unspecified atom stereocenters. The van der Waals surface area contributed by atoms with Crippen molar-refractivity contribution >= 4 is 12.4 Å². The predicted octanol–water partition coefficient (Wildman–Crippen LogP) is 4.14. The van der Waals surface area contributed by atoms with Gasteiger partial charge in [0.1, 0.15) is 17.7 Å². The lowest BCUT2D eigenvalue weighted by Crippen LogP contribution is -2.32. The highest BCUT2D eigenvalue weighted by atomic mass is 35.5. The van der Waals surface area contributed by atoms with E-state index in [0.29, 0.717) is 0 Å². The second kappa shape index (κ2) is 7.12. The Morgan fingerprint density at radius 1 is 1.23 bits per heavy atom. The molecule has 2 aromatic carbocycles. The third-order valence-electron chi connectivity index (χ3n) is 4.02. The molecule has 118 valence electrons. The van der Waals surface area contributed by atoms with Gasteiger partial charge >= 0.3 is 0 Å². The summed E-state index contributed by atoms with van der Waals surface area (Å²) in [7, 11) is 1.92. The van der Waals surface area contributed by atoms with Crippen molar-refractivity contribution in [3.05, 3.63) is 53.3 Å². The van der Waals surface area contributed by atoms with Crippen molar-refractivity contribution in [3.8, 4) is 16.9 Å². The van der Waals surface area contributed by atoms with Crippen LogP contribution in [-0.2, 0) is 6.42 Å². The van der Waals surface area contributed by atoms with Gasteiger partial charge in [0.25, 0.3) is 0 Å². The normalized spacial score (nSPS) is 16.4. The van der Waals surface area contributed by atoms with Crippen molar-refractivity contribution in [2.24, 2.45) is 0 Å². The second-order valence-electron chi connectivity index (χ2n) is 5.59. The Labute approximate surface area is 137 Å². The topological polar surface area (TPSA) is 21.3 Å². The molecule has 22 heavy (non-hydrogen) atoms. The van der Waals surface area contributed by atoms with Gasteiger partial charge in [-0.3, -0.25) is 0 Å². The first-order valence-corrected chi connectivity index (χ1v) is 7.38. The van der Waals surface area contributed by atoms with Crippen LogP contribution in [0.4, 0.5) is 4.39 Å². The molecule has 0 fully saturated rings. The molecular formula is C18H21ClFNO. The van der Waals surface area contributed by atoms with Crippen LogP contribution < -0.4 is 10.1 Å². The molecule has 1 atom stereocenters. The molecule has 0 aliphatic carbocycles. The molecule has 1 N–H and O–H groups in total. The Morgan fingerprint density at radius 2 is 2.00 bits per heavy atom. The average molecular weight is 322 g/mol. The molecule has 0 spiro atoms. The van der Waals surface area contributed by atoms with Crippen LogP contribution >= 0.6 is 12.4 Å². The van der Waals surface area contributed by atoms with Crippen LogP contribution in [0.2, 0.25) is 0 Å². The van der Waals surface area contributed by atoms with Crippen molar-refractivity contribution in [3.63, 3.8) is 0 Å². The highest BCUT2D eigenvalue weighted by Gasteiger charge is 2.24. The highest BCUT2D eigenvalue weighted by Crippen LogP contribution is 2.39. The minimum absolute atomic E-state index is 0. The minimum atomic E-state index is -0.192. The van der Waals surface area contributed by atoms with Gasteiger partial charge in [0.2, 0.25) is 0 Å². The largest absolute Gasteiger partial charge is 0.488 e. The zero-order valence-corrected chi connectivity index (χ0v) is 13.7. The van der Waals surface area contributed by atoms with Gasteiger partial charge < -0.3 is 10.1 Å². The fourth-order valence-electron chi connectivity index (χ4n) is 2.96. The summed E-state index contributed by atoms with van der Waals surface area (Å²) in [6, 6.07) is 11.2. The van der Waals surface area contributed by atoms with Gasteiger partial charge in [-0.25, -0.2) is 4.39 Å². The van der Waals surface area contributed by atoms with Crippen LogP contribution in [0.1, 0.15) is 17.5 Å². The van der Waals surface area contributed by atoms with E-state index < -0.39 is 0 Å². The number of hydrogen-bond donors (Lipinski definition) is 1. The summed E-state index contributed by atoms with van der Waals surface area (Å²) in [6.07, 6.45) is 1.93. The van der Waals surface area contributed by atoms with Gasteiger partial charge in [0, 0.05) is 12.1 Å². The zero-order valence-electron chi connectivity index (χ0n) is 12.9. The fraction of sp³-hybridized carbons (Fsp3) is 0.333. The quantitative estimate of drug-likeness (QED) is 0.917. The van der Waals surface area contributed by atoms with Crippen molar-refractivity contribution in [1.82, 2.24) is 5.32 Å². The van der Waals surface area contributed by atoms with Gasteiger partial charge in [-0.1, -0.05) is 24.3 Å². The summed E-state index contributed by atoms with van der Waals surface area (Å²) in [5, 5.41) is 3.15. The van der Waals surface area contributed by atoms with Gasteiger partial charge in [-0.2, -0.15) is 0 Å². The minimum Gasteiger partial charge on any atom is -0.488 e. The molecule has 3 rings (SSSR count). The number of rotatable bonds is 3. The Kier molecular flexibility index (Phi) is 5.43. The van der Waals surface area contributed by atoms with Crippen LogP contribution in [0.3, 0.4) is 0 Å². The van der Waals surface area contributed by atoms with Crippen LogP contribution in [0.25, 0.3) is 11.1 Å². The molecule has 2 aromatic rings. The maximum absolute atomic E-state index is 13.9. The first-order valence-electron chi connectivity index (χ1n) is 7.38. The van der Waals surface area contributed by atoms with E-state index in [1.165, 1.54) is 0 Å². The molecule has 0 bridgehead atoms. The van der Waals surface area contributed by atoms with E-state index in [-0.39, 0.29) is 24.3 Å². The average Bonchev–Trinajstić information content (AvgIpc) is 2.48. The molecule has 1 heterocycles. The molecule has 1 aliphatic heterocycles. The summed E-state index contributed by atoms with van der Waals surface area (Å²) in [5.41, 5.74) is 4.01. The number of aryl methyl sites for hydroxylation is 2. The lowest BCUT2D eigenvalue weighted by molar-refractivity contribution is 0.174. The van der Waals surface area contributed by atoms with E-state index in [1.54, 1.807) is 12.1 Å². The fourth-order valence-corrected chi connectivity index (χ4v) is 2.96. The SMILES string of the molecule is CNC[C@H]1CCc2cc(F)cc(-c3ccccc3C)c2O1.Cl. The summed E-state index contributed by atoms with van der Waals surface area (Å²) >= 11 is 0. The second-order valence-corrected chi connectivity index (χ2v) is 5.59. The van der Waals surface area contributed by atoms with E-state index in [0.717, 1.165) is 47.4 Å². The summed E-state index contributed by atoms with van der Waals surface area (Å²) < 4.78 is 20.1. The third-order valence-corrected chi connectivity index (χ3v) is 4.02. The lowest BCUT2D eigenvalue weighted by atomic mass is 9.93. The Hall–Kier alpha value is -1.58. The molecule has 2 nitrogen and oxygen atoms in total. The number of hydrogen-bond acceptors (Lipinski definition) is 2. The molecule has 0 amide bonds. The van der Waals surface area contributed by atoms with Gasteiger partial charge in [-0.15, -0.1) is 12.4 Å². The Morgan fingerprint density at radius 3 is 2.73 bits per heavy atom. The predicted molar refractivity (Wildman–Crippen MR) is 90.5 cm³/mol. The van der Waals surface area contributed by atoms with Gasteiger partial charge in [0.15, 0.2) is 0 Å². The molecular weight excluding hydrogens is 301 g/mol. The van der Waals surface area contributed by atoms with E-state index in [2.05, 4.69) is 5.32 Å². The van der Waals surface area contributed by atoms with Crippen molar-refractivity contribution in [1.29, 1.82) is 0 Å². The number of fused-ring (bicyclic) bond motifs is 1. The number of ether oxygens (including phenoxy) is 1. The number of nitrogens with one attached hydrogen (secondary N) is 1. The van der Waals surface area contributed by atoms with Gasteiger partial charge in [-0.05, 0) is 55.6 Å². The first-order chi connectivity index (χ1) is 10.2. The maximum Gasteiger partial charge on any atom is 0.131 e. The van der Waals surface area contributed by atoms with E-state index in [1.807, 2.05) is 38.2 Å². The number of halogens is 2. The highest BCUT2D eigenvalue weighted by molar-refractivity contribution is 5.85. The summed E-state index contributed by atoms with van der Waals surface area (Å²) in [6.45, 7) is 2.85. The van der Waals surface area contributed by atoms with Crippen LogP contribution in [0.5, 0.6) is 5.75 Å². The molecule has 4 heteroatoms. The van der Waals surface area contributed by atoms with Gasteiger partial charge in [0.05, 0.1) is 0 Å². The summed E-state index contributed by atoms with van der Waals surface area (Å²) in [4.78, 5) is 0. The van der Waals surface area contributed by atoms with E-state index >= 15 is 0 Å². The molecule has 0 radical (unpaired) electrons. The van der Waals surface area contributed by atoms with Crippen LogP contribution in [0.15, 0.2) is 36.4 Å². The lowest BCUT2D eigenvalue weighted by Gasteiger charge is -2.28.